The molecule has 0 saturated carbocycles. The average molecular weight is 401 g/mol. The van der Waals surface area contributed by atoms with Crippen molar-refractivity contribution < 1.29 is 14.3 Å². The van der Waals surface area contributed by atoms with E-state index in [2.05, 4.69) is 20.4 Å². The van der Waals surface area contributed by atoms with Crippen LogP contribution in [0.5, 0.6) is 5.75 Å². The van der Waals surface area contributed by atoms with Crippen molar-refractivity contribution in [3.8, 4) is 5.75 Å². The van der Waals surface area contributed by atoms with Gasteiger partial charge in [0.2, 0.25) is 11.0 Å². The van der Waals surface area contributed by atoms with Crippen LogP contribution in [0.25, 0.3) is 0 Å². The molecule has 1 aliphatic rings. The van der Waals surface area contributed by atoms with E-state index in [1.54, 1.807) is 25.3 Å². The molecule has 25 heavy (non-hydrogen) atoms. The molecule has 0 radical (unpaired) electrons. The Hall–Kier alpha value is -1.55. The van der Waals surface area contributed by atoms with E-state index in [0.29, 0.717) is 29.7 Å². The number of carbonyl (C=O) groups is 1. The highest BCUT2D eigenvalue weighted by molar-refractivity contribution is 8.01. The molecule has 1 aliphatic heterocycles. The minimum absolute atomic E-state index is 0.159. The van der Waals surface area contributed by atoms with E-state index in [-0.39, 0.29) is 11.7 Å². The molecule has 134 valence electrons. The molecule has 2 heterocycles. The summed E-state index contributed by atoms with van der Waals surface area (Å²) in [6, 6.07) is 5.08. The van der Waals surface area contributed by atoms with Gasteiger partial charge in [0.05, 0.1) is 31.8 Å². The van der Waals surface area contributed by atoms with E-state index >= 15 is 0 Å². The van der Waals surface area contributed by atoms with Gasteiger partial charge in [-0.2, -0.15) is 0 Å². The number of ether oxygens (including phenoxy) is 2. The SMILES string of the molecule is COc1ccc(Cl)cc1NC(=O)CSc1nnc(N2CCOCC2)s1. The van der Waals surface area contributed by atoms with Gasteiger partial charge in [0.25, 0.3) is 0 Å². The topological polar surface area (TPSA) is 76.6 Å². The Morgan fingerprint density at radius 3 is 3.00 bits per heavy atom. The maximum atomic E-state index is 12.2. The number of amides is 1. The first-order chi connectivity index (χ1) is 12.2. The zero-order valence-corrected chi connectivity index (χ0v) is 15.9. The molecule has 1 fully saturated rings. The number of nitrogens with one attached hydrogen (secondary N) is 1. The van der Waals surface area contributed by atoms with Crippen molar-refractivity contribution in [2.24, 2.45) is 0 Å². The Kier molecular flexibility index (Phi) is 6.35. The third-order valence-electron chi connectivity index (χ3n) is 3.44. The van der Waals surface area contributed by atoms with Crippen molar-refractivity contribution in [3.63, 3.8) is 0 Å². The lowest BCUT2D eigenvalue weighted by atomic mass is 10.3. The smallest absolute Gasteiger partial charge is 0.234 e. The van der Waals surface area contributed by atoms with Crippen LogP contribution in [0.3, 0.4) is 0 Å². The normalized spacial score (nSPS) is 14.4. The van der Waals surface area contributed by atoms with Gasteiger partial charge in [-0.15, -0.1) is 10.2 Å². The van der Waals surface area contributed by atoms with Crippen LogP contribution in [0.15, 0.2) is 22.5 Å². The molecule has 7 nitrogen and oxygen atoms in total. The molecule has 0 atom stereocenters. The van der Waals surface area contributed by atoms with Crippen molar-refractivity contribution in [1.82, 2.24) is 10.2 Å². The summed E-state index contributed by atoms with van der Waals surface area (Å²) in [6.45, 7) is 3.03. The van der Waals surface area contributed by atoms with Gasteiger partial charge in [0.15, 0.2) is 4.34 Å². The van der Waals surface area contributed by atoms with Crippen molar-refractivity contribution >= 4 is 51.4 Å². The standard InChI is InChI=1S/C15H17ClN4O3S2/c1-22-12-3-2-10(16)8-11(12)17-13(21)9-24-15-19-18-14(25-15)20-4-6-23-7-5-20/h2-3,8H,4-7,9H2,1H3,(H,17,21). The third-order valence-corrected chi connectivity index (χ3v) is 5.79. The first-order valence-electron chi connectivity index (χ1n) is 7.58. The van der Waals surface area contributed by atoms with Crippen LogP contribution in [0.1, 0.15) is 0 Å². The summed E-state index contributed by atoms with van der Waals surface area (Å²) in [4.78, 5) is 14.3. The Morgan fingerprint density at radius 1 is 1.44 bits per heavy atom. The van der Waals surface area contributed by atoms with Crippen molar-refractivity contribution in [2.75, 3.05) is 49.4 Å². The number of carbonyl (C=O) groups excluding carboxylic acids is 1. The highest BCUT2D eigenvalue weighted by atomic mass is 35.5. The largest absolute Gasteiger partial charge is 0.495 e. The van der Waals surface area contributed by atoms with E-state index in [1.165, 1.54) is 23.1 Å². The first-order valence-corrected chi connectivity index (χ1v) is 9.76. The molecule has 1 aromatic carbocycles. The van der Waals surface area contributed by atoms with Gasteiger partial charge >= 0.3 is 0 Å². The highest BCUT2D eigenvalue weighted by Crippen LogP contribution is 2.30. The maximum Gasteiger partial charge on any atom is 0.234 e. The fourth-order valence-corrected chi connectivity index (χ4v) is 4.10. The number of rotatable bonds is 6. The molecule has 3 rings (SSSR count). The van der Waals surface area contributed by atoms with Crippen molar-refractivity contribution in [1.29, 1.82) is 0 Å². The van der Waals surface area contributed by atoms with Gasteiger partial charge in [-0.3, -0.25) is 4.79 Å². The zero-order chi connectivity index (χ0) is 17.6. The van der Waals surface area contributed by atoms with E-state index < -0.39 is 0 Å². The van der Waals surface area contributed by atoms with Crippen LogP contribution in [0.4, 0.5) is 10.8 Å². The predicted molar refractivity (Wildman–Crippen MR) is 100 cm³/mol. The highest BCUT2D eigenvalue weighted by Gasteiger charge is 2.17. The van der Waals surface area contributed by atoms with Gasteiger partial charge in [0, 0.05) is 18.1 Å². The number of thioether (sulfide) groups is 1. The van der Waals surface area contributed by atoms with Crippen LogP contribution >= 0.6 is 34.7 Å². The predicted octanol–water partition coefficient (Wildman–Crippen LogP) is 2.77. The maximum absolute atomic E-state index is 12.2. The number of anilines is 2. The summed E-state index contributed by atoms with van der Waals surface area (Å²) in [5.41, 5.74) is 0.548. The molecule has 1 N–H and O–H groups in total. The van der Waals surface area contributed by atoms with Gasteiger partial charge in [-0.05, 0) is 18.2 Å². The zero-order valence-electron chi connectivity index (χ0n) is 13.5. The van der Waals surface area contributed by atoms with Crippen LogP contribution in [0, 0.1) is 0 Å². The van der Waals surface area contributed by atoms with Gasteiger partial charge < -0.3 is 19.7 Å². The number of benzene rings is 1. The minimum Gasteiger partial charge on any atom is -0.495 e. The molecule has 0 spiro atoms. The Bertz CT molecular complexity index is 737. The first kappa shape index (κ1) is 18.2. The van der Waals surface area contributed by atoms with E-state index in [0.717, 1.165) is 22.6 Å². The average Bonchev–Trinajstić information content (AvgIpc) is 3.10. The van der Waals surface area contributed by atoms with Crippen LogP contribution in [-0.4, -0.2) is 55.3 Å². The number of hydrogen-bond acceptors (Lipinski definition) is 8. The lowest BCUT2D eigenvalue weighted by molar-refractivity contribution is -0.113. The second-order valence-electron chi connectivity index (χ2n) is 5.13. The van der Waals surface area contributed by atoms with E-state index in [4.69, 9.17) is 21.1 Å². The lowest BCUT2D eigenvalue weighted by Crippen LogP contribution is -2.36. The summed E-state index contributed by atoms with van der Waals surface area (Å²) < 4.78 is 11.3. The lowest BCUT2D eigenvalue weighted by Gasteiger charge is -2.25. The number of hydrogen-bond donors (Lipinski definition) is 1. The third kappa shape index (κ3) is 4.97. The van der Waals surface area contributed by atoms with Gasteiger partial charge in [0.1, 0.15) is 5.75 Å². The number of aromatic nitrogens is 2. The molecule has 1 saturated heterocycles. The van der Waals surface area contributed by atoms with Crippen molar-refractivity contribution in [3.05, 3.63) is 23.2 Å². The molecule has 0 unspecified atom stereocenters. The summed E-state index contributed by atoms with van der Waals surface area (Å²) >= 11 is 8.80. The van der Waals surface area contributed by atoms with E-state index in [1.807, 2.05) is 0 Å². The molecule has 1 amide bonds. The van der Waals surface area contributed by atoms with E-state index in [9.17, 15) is 4.79 Å². The summed E-state index contributed by atoms with van der Waals surface area (Å²) in [5, 5.41) is 12.5. The van der Waals surface area contributed by atoms with Crippen LogP contribution in [0.2, 0.25) is 5.02 Å². The molecular formula is C15H17ClN4O3S2. The summed E-state index contributed by atoms with van der Waals surface area (Å²) in [5.74, 6) is 0.634. The van der Waals surface area contributed by atoms with Crippen molar-refractivity contribution in [2.45, 2.75) is 4.34 Å². The number of halogens is 1. The second kappa shape index (κ2) is 8.70. The van der Waals surface area contributed by atoms with Gasteiger partial charge in [-0.1, -0.05) is 34.7 Å². The monoisotopic (exact) mass is 400 g/mol. The Morgan fingerprint density at radius 2 is 2.24 bits per heavy atom. The van der Waals surface area contributed by atoms with Gasteiger partial charge in [-0.25, -0.2) is 0 Å². The quantitative estimate of drug-likeness (QED) is 0.747. The fourth-order valence-electron chi connectivity index (χ4n) is 2.23. The van der Waals surface area contributed by atoms with Crippen LogP contribution in [-0.2, 0) is 9.53 Å². The molecule has 0 aliphatic carbocycles. The summed E-state index contributed by atoms with van der Waals surface area (Å²) in [6.07, 6.45) is 0. The summed E-state index contributed by atoms with van der Waals surface area (Å²) in [7, 11) is 1.54. The van der Waals surface area contributed by atoms with Crippen LogP contribution < -0.4 is 15.0 Å². The molecule has 1 aromatic heterocycles. The molecule has 2 aromatic rings. The molecular weight excluding hydrogens is 384 g/mol. The number of methoxy groups -OCH3 is 1. The second-order valence-corrected chi connectivity index (χ2v) is 7.75. The Balaban J connectivity index is 1.54. The Labute approximate surface area is 158 Å². The number of nitrogens with zero attached hydrogens (tertiary/aromatic N) is 3. The fraction of sp³-hybridized carbons (Fsp3) is 0.400. The molecule has 0 bridgehead atoms. The minimum atomic E-state index is -0.159. The number of morpholine rings is 1. The molecule has 10 heteroatoms.